The molecule has 0 radical (unpaired) electrons. The third-order valence-electron chi connectivity index (χ3n) is 2.88. The van der Waals surface area contributed by atoms with Crippen molar-refractivity contribution < 1.29 is 13.5 Å². The highest BCUT2D eigenvalue weighted by molar-refractivity contribution is 5.79. The number of nitrogens with zero attached hydrogens (tertiary/aromatic N) is 2. The van der Waals surface area contributed by atoms with Gasteiger partial charge in [0.1, 0.15) is 11.3 Å². The van der Waals surface area contributed by atoms with Crippen molar-refractivity contribution in [2.24, 2.45) is 0 Å². The van der Waals surface area contributed by atoms with Crippen LogP contribution in [0.1, 0.15) is 20.8 Å². The Balaban J connectivity index is 2.51. The normalized spacial score (nSPS) is 12.3. The van der Waals surface area contributed by atoms with Crippen LogP contribution in [0.5, 0.6) is 0 Å². The van der Waals surface area contributed by atoms with Crippen LogP contribution in [-0.4, -0.2) is 21.8 Å². The first-order valence-corrected chi connectivity index (χ1v) is 6.09. The van der Waals surface area contributed by atoms with Crippen LogP contribution < -0.4 is 5.73 Å². The number of ether oxygens (including phenoxy) is 1. The Hall–Kier alpha value is -1.69. The Kier molecular flexibility index (Phi) is 3.45. The van der Waals surface area contributed by atoms with Crippen molar-refractivity contribution in [1.82, 2.24) is 9.55 Å². The van der Waals surface area contributed by atoms with Gasteiger partial charge in [-0.25, -0.2) is 13.8 Å². The van der Waals surface area contributed by atoms with Gasteiger partial charge in [-0.2, -0.15) is 0 Å². The number of fused-ring (bicyclic) bond motifs is 1. The number of imidazole rings is 1. The minimum Gasteiger partial charge on any atom is -0.374 e. The summed E-state index contributed by atoms with van der Waals surface area (Å²) in [5, 5.41) is 0. The van der Waals surface area contributed by atoms with Crippen molar-refractivity contribution in [3.63, 3.8) is 0 Å². The maximum absolute atomic E-state index is 13.6. The van der Waals surface area contributed by atoms with Gasteiger partial charge in [-0.05, 0) is 20.8 Å². The summed E-state index contributed by atoms with van der Waals surface area (Å²) in [6.45, 7) is 6.57. The molecule has 0 spiro atoms. The Morgan fingerprint density at radius 1 is 1.37 bits per heavy atom. The van der Waals surface area contributed by atoms with Gasteiger partial charge in [0.2, 0.25) is 5.95 Å². The van der Waals surface area contributed by atoms with Gasteiger partial charge in [0.15, 0.2) is 5.82 Å². The maximum atomic E-state index is 13.6. The third kappa shape index (κ3) is 2.68. The number of benzene rings is 1. The van der Waals surface area contributed by atoms with Crippen molar-refractivity contribution in [2.75, 3.05) is 12.3 Å². The lowest BCUT2D eigenvalue weighted by Gasteiger charge is -2.25. The van der Waals surface area contributed by atoms with Crippen LogP contribution >= 0.6 is 0 Å². The number of hydrogen-bond donors (Lipinski definition) is 1. The Bertz CT molecular complexity index is 607. The van der Waals surface area contributed by atoms with E-state index in [9.17, 15) is 8.78 Å². The minimum absolute atomic E-state index is 0.0752. The van der Waals surface area contributed by atoms with Gasteiger partial charge >= 0.3 is 0 Å². The smallest absolute Gasteiger partial charge is 0.201 e. The summed E-state index contributed by atoms with van der Waals surface area (Å²) in [7, 11) is 0. The van der Waals surface area contributed by atoms with Gasteiger partial charge in [-0.1, -0.05) is 0 Å². The van der Waals surface area contributed by atoms with Crippen LogP contribution in [0.15, 0.2) is 12.1 Å². The van der Waals surface area contributed by atoms with E-state index in [4.69, 9.17) is 10.5 Å². The van der Waals surface area contributed by atoms with Gasteiger partial charge in [0, 0.05) is 18.7 Å². The molecule has 0 atom stereocenters. The zero-order valence-corrected chi connectivity index (χ0v) is 11.2. The molecule has 0 saturated carbocycles. The summed E-state index contributed by atoms with van der Waals surface area (Å²) < 4.78 is 34.1. The molecule has 0 aliphatic carbocycles. The molecule has 0 bridgehead atoms. The first kappa shape index (κ1) is 13.7. The summed E-state index contributed by atoms with van der Waals surface area (Å²) in [6.07, 6.45) is 0. The van der Waals surface area contributed by atoms with Crippen molar-refractivity contribution >= 4 is 17.0 Å². The van der Waals surface area contributed by atoms with Crippen molar-refractivity contribution in [3.05, 3.63) is 23.8 Å². The van der Waals surface area contributed by atoms with E-state index in [0.29, 0.717) is 18.7 Å². The van der Waals surface area contributed by atoms with E-state index in [2.05, 4.69) is 4.98 Å². The van der Waals surface area contributed by atoms with Crippen LogP contribution in [0.25, 0.3) is 11.0 Å². The number of nitrogen functional groups attached to an aromatic ring is 1. The number of hydrogen-bond acceptors (Lipinski definition) is 3. The Labute approximate surface area is 110 Å². The second kappa shape index (κ2) is 4.77. The van der Waals surface area contributed by atoms with E-state index in [-0.39, 0.29) is 11.5 Å². The number of halogens is 2. The second-order valence-electron chi connectivity index (χ2n) is 5.00. The monoisotopic (exact) mass is 269 g/mol. The quantitative estimate of drug-likeness (QED) is 0.928. The average molecular weight is 269 g/mol. The molecule has 1 aromatic carbocycles. The van der Waals surface area contributed by atoms with Gasteiger partial charge in [-0.3, -0.25) is 0 Å². The molecule has 0 aliphatic heterocycles. The van der Waals surface area contributed by atoms with Crippen LogP contribution in [0.3, 0.4) is 0 Å². The first-order valence-electron chi connectivity index (χ1n) is 6.09. The summed E-state index contributed by atoms with van der Waals surface area (Å²) in [5.41, 5.74) is 5.69. The molecule has 2 N–H and O–H groups in total. The zero-order chi connectivity index (χ0) is 14.2. The Morgan fingerprint density at radius 3 is 2.68 bits per heavy atom. The highest BCUT2D eigenvalue weighted by Gasteiger charge is 2.22. The molecule has 4 nitrogen and oxygen atoms in total. The van der Waals surface area contributed by atoms with E-state index < -0.39 is 17.2 Å². The Morgan fingerprint density at radius 2 is 2.05 bits per heavy atom. The van der Waals surface area contributed by atoms with Crippen LogP contribution in [0, 0.1) is 11.6 Å². The fraction of sp³-hybridized carbons (Fsp3) is 0.462. The molecular formula is C13H17F2N3O. The molecule has 0 unspecified atom stereocenters. The molecule has 104 valence electrons. The van der Waals surface area contributed by atoms with Crippen LogP contribution in [-0.2, 0) is 11.3 Å². The van der Waals surface area contributed by atoms with Gasteiger partial charge in [-0.15, -0.1) is 0 Å². The van der Waals surface area contributed by atoms with E-state index >= 15 is 0 Å². The summed E-state index contributed by atoms with van der Waals surface area (Å²) in [4.78, 5) is 3.94. The largest absolute Gasteiger partial charge is 0.374 e. The molecule has 1 heterocycles. The molecule has 19 heavy (non-hydrogen) atoms. The zero-order valence-electron chi connectivity index (χ0n) is 11.2. The predicted octanol–water partition coefficient (Wildman–Crippen LogP) is 2.71. The third-order valence-corrected chi connectivity index (χ3v) is 2.88. The topological polar surface area (TPSA) is 53.1 Å². The molecule has 0 fully saturated rings. The van der Waals surface area contributed by atoms with E-state index in [0.717, 1.165) is 6.07 Å². The molecule has 2 aromatic rings. The molecule has 6 heteroatoms. The molecule has 1 aromatic heterocycles. The fourth-order valence-electron chi connectivity index (χ4n) is 2.15. The van der Waals surface area contributed by atoms with Crippen LogP contribution in [0.2, 0.25) is 0 Å². The lowest BCUT2D eigenvalue weighted by molar-refractivity contribution is -0.0212. The van der Waals surface area contributed by atoms with E-state index in [1.54, 1.807) is 4.57 Å². The summed E-state index contributed by atoms with van der Waals surface area (Å²) in [5.74, 6) is -1.22. The van der Waals surface area contributed by atoms with Crippen molar-refractivity contribution in [2.45, 2.75) is 32.9 Å². The predicted molar refractivity (Wildman–Crippen MR) is 69.8 cm³/mol. The lowest BCUT2D eigenvalue weighted by atomic mass is 10.1. The molecule has 0 saturated heterocycles. The highest BCUT2D eigenvalue weighted by atomic mass is 19.1. The molecule has 2 rings (SSSR count). The molecule has 0 amide bonds. The summed E-state index contributed by atoms with van der Waals surface area (Å²) >= 11 is 0. The van der Waals surface area contributed by atoms with Crippen LogP contribution in [0.4, 0.5) is 14.7 Å². The fourth-order valence-corrected chi connectivity index (χ4v) is 2.15. The first-order chi connectivity index (χ1) is 8.84. The van der Waals surface area contributed by atoms with Crippen molar-refractivity contribution in [1.29, 1.82) is 0 Å². The van der Waals surface area contributed by atoms with E-state index in [1.807, 2.05) is 20.8 Å². The number of aromatic nitrogens is 2. The minimum atomic E-state index is -0.713. The second-order valence-corrected chi connectivity index (χ2v) is 5.00. The number of anilines is 1. The SMILES string of the molecule is CCOC(C)(C)Cn1c(N)nc2c(F)cc(F)cc21. The van der Waals surface area contributed by atoms with Gasteiger partial charge in [0.25, 0.3) is 0 Å². The molecule has 0 aliphatic rings. The number of rotatable bonds is 4. The standard InChI is InChI=1S/C13H17F2N3O/c1-4-19-13(2,3)7-18-10-6-8(14)5-9(15)11(10)17-12(18)16/h5-6H,4,7H2,1-3H3,(H2,16,17). The average Bonchev–Trinajstić information content (AvgIpc) is 2.56. The van der Waals surface area contributed by atoms with E-state index in [1.165, 1.54) is 6.07 Å². The van der Waals surface area contributed by atoms with Crippen molar-refractivity contribution in [3.8, 4) is 0 Å². The maximum Gasteiger partial charge on any atom is 0.201 e. The van der Waals surface area contributed by atoms with Gasteiger partial charge in [0.05, 0.1) is 17.7 Å². The lowest BCUT2D eigenvalue weighted by Crippen LogP contribution is -2.31. The highest BCUT2D eigenvalue weighted by Crippen LogP contribution is 2.25. The summed E-state index contributed by atoms with van der Waals surface area (Å²) in [6, 6.07) is 2.02. The number of nitrogens with two attached hydrogens (primary N) is 1. The van der Waals surface area contributed by atoms with Gasteiger partial charge < -0.3 is 15.0 Å². The molecular weight excluding hydrogens is 252 g/mol.